The minimum atomic E-state index is -3.07. The van der Waals surface area contributed by atoms with Crippen molar-refractivity contribution in [3.63, 3.8) is 0 Å². The van der Waals surface area contributed by atoms with Gasteiger partial charge in [0.25, 0.3) is 5.91 Å². The zero-order chi connectivity index (χ0) is 16.0. The van der Waals surface area contributed by atoms with Gasteiger partial charge >= 0.3 is 0 Å². The number of rotatable bonds is 7. The summed E-state index contributed by atoms with van der Waals surface area (Å²) >= 11 is 0. The number of sulfone groups is 1. The molecule has 1 amide bonds. The molecular weight excluding hydrogens is 290 g/mol. The van der Waals surface area contributed by atoms with Gasteiger partial charge < -0.3 is 10.6 Å². The molecule has 0 bridgehead atoms. The average molecular weight is 313 g/mol. The number of nitrogens with zero attached hydrogens (tertiary/aromatic N) is 1. The third-order valence-electron chi connectivity index (χ3n) is 3.09. The molecule has 0 aliphatic carbocycles. The Balaban J connectivity index is 2.80. The van der Waals surface area contributed by atoms with Crippen molar-refractivity contribution < 1.29 is 13.2 Å². The Hall–Kier alpha value is -1.63. The van der Waals surface area contributed by atoms with E-state index in [0.29, 0.717) is 11.4 Å². The SMILES string of the molecule is CCS(=O)(=O)CCNC(=O)c1cc(NC)nc(C(C)C)c1. The maximum Gasteiger partial charge on any atom is 0.251 e. The highest BCUT2D eigenvalue weighted by Crippen LogP contribution is 2.17. The van der Waals surface area contributed by atoms with E-state index in [0.717, 1.165) is 5.69 Å². The number of aromatic nitrogens is 1. The Morgan fingerprint density at radius 2 is 2.00 bits per heavy atom. The van der Waals surface area contributed by atoms with Crippen LogP contribution in [0.5, 0.6) is 0 Å². The van der Waals surface area contributed by atoms with Crippen molar-refractivity contribution >= 4 is 21.6 Å². The Labute approximate surface area is 126 Å². The number of nitrogens with one attached hydrogen (secondary N) is 2. The summed E-state index contributed by atoms with van der Waals surface area (Å²) in [5, 5.41) is 5.55. The van der Waals surface area contributed by atoms with Gasteiger partial charge in [-0.3, -0.25) is 4.79 Å². The van der Waals surface area contributed by atoms with Gasteiger partial charge in [0.15, 0.2) is 9.84 Å². The summed E-state index contributed by atoms with van der Waals surface area (Å²) in [5.41, 5.74) is 1.29. The van der Waals surface area contributed by atoms with Crippen molar-refractivity contribution in [1.29, 1.82) is 0 Å². The van der Waals surface area contributed by atoms with Gasteiger partial charge in [-0.25, -0.2) is 13.4 Å². The Kier molecular flexibility index (Phi) is 6.14. The maximum atomic E-state index is 12.1. The van der Waals surface area contributed by atoms with Crippen LogP contribution >= 0.6 is 0 Å². The molecule has 1 heterocycles. The third-order valence-corrected chi connectivity index (χ3v) is 4.80. The van der Waals surface area contributed by atoms with E-state index in [-0.39, 0.29) is 29.9 Å². The standard InChI is InChI=1S/C14H23N3O3S/c1-5-21(19,20)7-6-16-14(18)11-8-12(10(2)3)17-13(9-11)15-4/h8-10H,5-7H2,1-4H3,(H,15,17)(H,16,18). The Morgan fingerprint density at radius 1 is 1.33 bits per heavy atom. The minimum absolute atomic E-state index is 0.0454. The maximum absolute atomic E-state index is 12.1. The Morgan fingerprint density at radius 3 is 2.52 bits per heavy atom. The monoisotopic (exact) mass is 313 g/mol. The highest BCUT2D eigenvalue weighted by atomic mass is 32.2. The van der Waals surface area contributed by atoms with Gasteiger partial charge in [-0.2, -0.15) is 0 Å². The first-order chi connectivity index (χ1) is 9.79. The van der Waals surface area contributed by atoms with Crippen LogP contribution in [0.4, 0.5) is 5.82 Å². The lowest BCUT2D eigenvalue weighted by atomic mass is 10.1. The van der Waals surface area contributed by atoms with E-state index >= 15 is 0 Å². The third kappa shape index (κ3) is 5.34. The first kappa shape index (κ1) is 17.4. The minimum Gasteiger partial charge on any atom is -0.373 e. The molecule has 0 aliphatic heterocycles. The molecular formula is C14H23N3O3S. The van der Waals surface area contributed by atoms with E-state index in [2.05, 4.69) is 15.6 Å². The molecule has 0 aromatic carbocycles. The summed E-state index contributed by atoms with van der Waals surface area (Å²) in [5.74, 6) is 0.565. The lowest BCUT2D eigenvalue weighted by molar-refractivity contribution is 0.0956. The second-order valence-corrected chi connectivity index (χ2v) is 7.54. The van der Waals surface area contributed by atoms with E-state index in [9.17, 15) is 13.2 Å². The predicted octanol–water partition coefficient (Wildman–Crippen LogP) is 1.41. The number of anilines is 1. The summed E-state index contributed by atoms with van der Waals surface area (Å²) in [6.45, 7) is 5.70. The number of hydrogen-bond acceptors (Lipinski definition) is 5. The highest BCUT2D eigenvalue weighted by molar-refractivity contribution is 7.91. The fraction of sp³-hybridized carbons (Fsp3) is 0.571. The lowest BCUT2D eigenvalue weighted by Gasteiger charge is -2.11. The van der Waals surface area contributed by atoms with Gasteiger partial charge in [0.05, 0.1) is 5.75 Å². The number of hydrogen-bond donors (Lipinski definition) is 2. The van der Waals surface area contributed by atoms with Crippen LogP contribution in [-0.4, -0.2) is 44.4 Å². The van der Waals surface area contributed by atoms with Crippen LogP contribution in [0.1, 0.15) is 42.7 Å². The molecule has 0 fully saturated rings. The van der Waals surface area contributed by atoms with E-state index in [4.69, 9.17) is 0 Å². The van der Waals surface area contributed by atoms with Crippen molar-refractivity contribution in [3.05, 3.63) is 23.4 Å². The quantitative estimate of drug-likeness (QED) is 0.794. The number of carbonyl (C=O) groups excluding carboxylic acids is 1. The summed E-state index contributed by atoms with van der Waals surface area (Å²) in [7, 11) is -1.33. The molecule has 7 heteroatoms. The van der Waals surface area contributed by atoms with E-state index in [1.807, 2.05) is 13.8 Å². The molecule has 0 atom stereocenters. The van der Waals surface area contributed by atoms with E-state index < -0.39 is 9.84 Å². The normalized spacial score (nSPS) is 11.5. The molecule has 118 valence electrons. The van der Waals surface area contributed by atoms with Gasteiger partial charge in [0.2, 0.25) is 0 Å². The van der Waals surface area contributed by atoms with Gasteiger partial charge in [0.1, 0.15) is 5.82 Å². The largest absolute Gasteiger partial charge is 0.373 e. The van der Waals surface area contributed by atoms with Crippen LogP contribution < -0.4 is 10.6 Å². The molecule has 6 nitrogen and oxygen atoms in total. The van der Waals surface area contributed by atoms with Crippen LogP contribution in [0.2, 0.25) is 0 Å². The zero-order valence-corrected chi connectivity index (χ0v) is 13.8. The Bertz CT molecular complexity index is 597. The van der Waals surface area contributed by atoms with Crippen LogP contribution in [0.3, 0.4) is 0 Å². The van der Waals surface area contributed by atoms with Crippen molar-refractivity contribution in [2.75, 3.05) is 30.4 Å². The van der Waals surface area contributed by atoms with Crippen LogP contribution in [0.25, 0.3) is 0 Å². The van der Waals surface area contributed by atoms with Gasteiger partial charge in [0, 0.05) is 30.6 Å². The van der Waals surface area contributed by atoms with Crippen LogP contribution in [-0.2, 0) is 9.84 Å². The predicted molar refractivity (Wildman–Crippen MR) is 84.5 cm³/mol. The van der Waals surface area contributed by atoms with Crippen LogP contribution in [0.15, 0.2) is 12.1 Å². The van der Waals surface area contributed by atoms with Gasteiger partial charge in [-0.1, -0.05) is 20.8 Å². The van der Waals surface area contributed by atoms with Crippen molar-refractivity contribution in [2.24, 2.45) is 0 Å². The number of pyridine rings is 1. The summed E-state index contributed by atoms with van der Waals surface area (Å²) in [6.07, 6.45) is 0. The van der Waals surface area contributed by atoms with Gasteiger partial charge in [-0.15, -0.1) is 0 Å². The second-order valence-electron chi connectivity index (χ2n) is 5.06. The molecule has 0 radical (unpaired) electrons. The fourth-order valence-corrected chi connectivity index (χ4v) is 2.38. The van der Waals surface area contributed by atoms with Crippen molar-refractivity contribution in [1.82, 2.24) is 10.3 Å². The zero-order valence-electron chi connectivity index (χ0n) is 12.9. The van der Waals surface area contributed by atoms with Crippen molar-refractivity contribution in [2.45, 2.75) is 26.7 Å². The molecule has 0 saturated carbocycles. The molecule has 1 aromatic rings. The molecule has 1 aromatic heterocycles. The first-order valence-corrected chi connectivity index (χ1v) is 8.79. The summed E-state index contributed by atoms with van der Waals surface area (Å²) in [6, 6.07) is 3.38. The van der Waals surface area contributed by atoms with E-state index in [1.165, 1.54) is 0 Å². The second kappa shape index (κ2) is 7.40. The highest BCUT2D eigenvalue weighted by Gasteiger charge is 2.13. The topological polar surface area (TPSA) is 88.2 Å². The van der Waals surface area contributed by atoms with E-state index in [1.54, 1.807) is 26.1 Å². The van der Waals surface area contributed by atoms with Crippen LogP contribution in [0, 0.1) is 0 Å². The lowest BCUT2D eigenvalue weighted by Crippen LogP contribution is -2.29. The first-order valence-electron chi connectivity index (χ1n) is 6.97. The fourth-order valence-electron chi connectivity index (χ4n) is 1.67. The molecule has 0 aliphatic rings. The number of carbonyl (C=O) groups is 1. The van der Waals surface area contributed by atoms with Crippen molar-refractivity contribution in [3.8, 4) is 0 Å². The molecule has 0 saturated heterocycles. The summed E-state index contributed by atoms with van der Waals surface area (Å²) in [4.78, 5) is 16.5. The summed E-state index contributed by atoms with van der Waals surface area (Å²) < 4.78 is 22.8. The molecule has 1 rings (SSSR count). The smallest absolute Gasteiger partial charge is 0.251 e. The number of amides is 1. The molecule has 0 spiro atoms. The average Bonchev–Trinajstić information content (AvgIpc) is 2.46. The molecule has 0 unspecified atom stereocenters. The van der Waals surface area contributed by atoms with Gasteiger partial charge in [-0.05, 0) is 18.1 Å². The molecule has 2 N–H and O–H groups in total. The molecule has 21 heavy (non-hydrogen) atoms.